The van der Waals surface area contributed by atoms with E-state index in [0.717, 1.165) is 15.9 Å². The first-order valence-electron chi connectivity index (χ1n) is 5.90. The van der Waals surface area contributed by atoms with Crippen LogP contribution in [0.3, 0.4) is 0 Å². The first-order chi connectivity index (χ1) is 9.04. The summed E-state index contributed by atoms with van der Waals surface area (Å²) < 4.78 is 16.0. The zero-order chi connectivity index (χ0) is 14.0. The highest BCUT2D eigenvalue weighted by Gasteiger charge is 2.19. The Hall–Kier alpha value is -1.56. The van der Waals surface area contributed by atoms with Crippen LogP contribution in [-0.4, -0.2) is 20.5 Å². The van der Waals surface area contributed by atoms with Crippen molar-refractivity contribution in [2.75, 3.05) is 0 Å². The number of aryl methyl sites for hydroxylation is 2. The van der Waals surface area contributed by atoms with Gasteiger partial charge in [0.05, 0.1) is 22.3 Å². The first kappa shape index (κ1) is 13.9. The fourth-order valence-corrected chi connectivity index (χ4v) is 2.29. The highest BCUT2D eigenvalue weighted by molar-refractivity contribution is 9.10. The molecule has 0 fully saturated rings. The van der Waals surface area contributed by atoms with Gasteiger partial charge in [-0.05, 0) is 41.9 Å². The molecule has 0 amide bonds. The molecular weight excluding hydrogens is 313 g/mol. The van der Waals surface area contributed by atoms with Crippen molar-refractivity contribution in [3.05, 3.63) is 45.7 Å². The molecule has 2 heterocycles. The van der Waals surface area contributed by atoms with Crippen LogP contribution in [0.25, 0.3) is 0 Å². The minimum atomic E-state index is -0.595. The van der Waals surface area contributed by atoms with E-state index >= 15 is 0 Å². The van der Waals surface area contributed by atoms with Crippen molar-refractivity contribution in [2.24, 2.45) is 0 Å². The van der Waals surface area contributed by atoms with E-state index < -0.39 is 5.82 Å². The first-order valence-corrected chi connectivity index (χ1v) is 6.69. The van der Waals surface area contributed by atoms with Gasteiger partial charge in [-0.2, -0.15) is 5.10 Å². The Kier molecular flexibility index (Phi) is 4.09. The summed E-state index contributed by atoms with van der Waals surface area (Å²) in [7, 11) is 0. The fourth-order valence-electron chi connectivity index (χ4n) is 1.86. The number of nitrogens with zero attached hydrogens (tertiary/aromatic N) is 3. The third-order valence-corrected chi connectivity index (χ3v) is 3.83. The molecule has 0 aliphatic rings. The van der Waals surface area contributed by atoms with Gasteiger partial charge in [-0.15, -0.1) is 0 Å². The minimum absolute atomic E-state index is 0.0726. The van der Waals surface area contributed by atoms with Gasteiger partial charge < -0.3 is 0 Å². The summed E-state index contributed by atoms with van der Waals surface area (Å²) in [5.74, 6) is -0.948. The van der Waals surface area contributed by atoms with Crippen LogP contribution in [0.2, 0.25) is 0 Å². The Bertz CT molecular complexity index is 624. The molecule has 0 atom stereocenters. The molecule has 0 bridgehead atoms. The molecule has 0 saturated carbocycles. The summed E-state index contributed by atoms with van der Waals surface area (Å²) in [4.78, 5) is 15.9. The van der Waals surface area contributed by atoms with E-state index in [-0.39, 0.29) is 17.9 Å². The molecule has 0 spiro atoms. The highest BCUT2D eigenvalue weighted by Crippen LogP contribution is 2.22. The quantitative estimate of drug-likeness (QED) is 0.812. The second kappa shape index (κ2) is 5.61. The number of pyridine rings is 1. The zero-order valence-corrected chi connectivity index (χ0v) is 12.2. The largest absolute Gasteiger partial charge is 0.292 e. The van der Waals surface area contributed by atoms with E-state index in [1.54, 1.807) is 4.68 Å². The number of Topliss-reactive ketones (excluding diaryl/α,β-unsaturated/α-hetero) is 1. The maximum Gasteiger partial charge on any atom is 0.190 e. The minimum Gasteiger partial charge on any atom is -0.292 e. The lowest BCUT2D eigenvalue weighted by molar-refractivity contribution is 0.0981. The summed E-state index contributed by atoms with van der Waals surface area (Å²) >= 11 is 3.41. The summed E-state index contributed by atoms with van der Waals surface area (Å²) in [6.07, 6.45) is 1.48. The lowest BCUT2D eigenvalue weighted by Crippen LogP contribution is -2.12. The van der Waals surface area contributed by atoms with Crippen molar-refractivity contribution >= 4 is 21.7 Å². The number of hydrogen-bond acceptors (Lipinski definition) is 3. The molecule has 2 aromatic rings. The Morgan fingerprint density at radius 2 is 2.26 bits per heavy atom. The smallest absolute Gasteiger partial charge is 0.190 e. The van der Waals surface area contributed by atoms with Crippen LogP contribution >= 0.6 is 15.9 Å². The monoisotopic (exact) mass is 325 g/mol. The van der Waals surface area contributed by atoms with Crippen molar-refractivity contribution in [1.29, 1.82) is 0 Å². The molecule has 0 unspecified atom stereocenters. The van der Waals surface area contributed by atoms with Gasteiger partial charge in [-0.25, -0.2) is 4.39 Å². The molecule has 2 rings (SSSR count). The number of rotatable bonds is 4. The second-order valence-electron chi connectivity index (χ2n) is 4.10. The molecule has 100 valence electrons. The zero-order valence-electron chi connectivity index (χ0n) is 10.7. The molecule has 4 nitrogen and oxygen atoms in total. The van der Waals surface area contributed by atoms with Gasteiger partial charge in [-0.1, -0.05) is 0 Å². The molecule has 0 saturated heterocycles. The SMILES string of the molecule is CCn1nc(C)c(Br)c1CC(=O)c1ncccc1F. The van der Waals surface area contributed by atoms with Crippen molar-refractivity contribution in [1.82, 2.24) is 14.8 Å². The summed E-state index contributed by atoms with van der Waals surface area (Å²) in [5.41, 5.74) is 1.43. The van der Waals surface area contributed by atoms with Crippen molar-refractivity contribution < 1.29 is 9.18 Å². The number of carbonyl (C=O) groups is 1. The standard InChI is InChI=1S/C13H13BrFN3O/c1-3-18-10(12(14)8(2)17-18)7-11(19)13-9(15)5-4-6-16-13/h4-6H,3,7H2,1-2H3. The molecule has 6 heteroatoms. The Morgan fingerprint density at radius 3 is 2.89 bits per heavy atom. The number of hydrogen-bond donors (Lipinski definition) is 0. The van der Waals surface area contributed by atoms with E-state index in [1.807, 2.05) is 13.8 Å². The average molecular weight is 326 g/mol. The molecule has 0 aromatic carbocycles. The summed E-state index contributed by atoms with van der Waals surface area (Å²) in [5, 5.41) is 4.30. The van der Waals surface area contributed by atoms with E-state index in [9.17, 15) is 9.18 Å². The number of ketones is 1. The van der Waals surface area contributed by atoms with Crippen LogP contribution in [0, 0.1) is 12.7 Å². The van der Waals surface area contributed by atoms with Crippen LogP contribution in [0.15, 0.2) is 22.8 Å². The van der Waals surface area contributed by atoms with E-state index in [0.29, 0.717) is 6.54 Å². The molecule has 2 aromatic heterocycles. The lowest BCUT2D eigenvalue weighted by Gasteiger charge is -2.05. The van der Waals surface area contributed by atoms with E-state index in [2.05, 4.69) is 26.0 Å². The summed E-state index contributed by atoms with van der Waals surface area (Å²) in [6.45, 7) is 4.44. The number of carbonyl (C=O) groups excluding carboxylic acids is 1. The molecule has 0 radical (unpaired) electrons. The topological polar surface area (TPSA) is 47.8 Å². The van der Waals surface area contributed by atoms with E-state index in [4.69, 9.17) is 0 Å². The number of halogens is 2. The van der Waals surface area contributed by atoms with Crippen LogP contribution in [0.5, 0.6) is 0 Å². The van der Waals surface area contributed by atoms with Gasteiger partial charge in [-0.3, -0.25) is 14.5 Å². The van der Waals surface area contributed by atoms with Crippen LogP contribution in [-0.2, 0) is 13.0 Å². The van der Waals surface area contributed by atoms with Gasteiger partial charge in [0.1, 0.15) is 5.69 Å². The Balaban J connectivity index is 2.32. The second-order valence-corrected chi connectivity index (χ2v) is 4.89. The Labute approximate surface area is 118 Å². The third kappa shape index (κ3) is 2.73. The van der Waals surface area contributed by atoms with Gasteiger partial charge in [0.15, 0.2) is 11.6 Å². The highest BCUT2D eigenvalue weighted by atomic mass is 79.9. The molecule has 0 N–H and O–H groups in total. The number of aromatic nitrogens is 3. The molecule has 0 aliphatic heterocycles. The van der Waals surface area contributed by atoms with Crippen molar-refractivity contribution in [3.63, 3.8) is 0 Å². The fraction of sp³-hybridized carbons (Fsp3) is 0.308. The van der Waals surface area contributed by atoms with Crippen LogP contribution in [0.1, 0.15) is 28.8 Å². The predicted molar refractivity (Wildman–Crippen MR) is 72.6 cm³/mol. The van der Waals surface area contributed by atoms with Gasteiger partial charge in [0, 0.05) is 12.7 Å². The lowest BCUT2D eigenvalue weighted by atomic mass is 10.1. The van der Waals surface area contributed by atoms with Gasteiger partial charge >= 0.3 is 0 Å². The van der Waals surface area contributed by atoms with Gasteiger partial charge in [0.2, 0.25) is 0 Å². The Morgan fingerprint density at radius 1 is 1.53 bits per heavy atom. The van der Waals surface area contributed by atoms with Crippen molar-refractivity contribution in [3.8, 4) is 0 Å². The average Bonchev–Trinajstić information content (AvgIpc) is 2.67. The van der Waals surface area contributed by atoms with Crippen LogP contribution < -0.4 is 0 Å². The van der Waals surface area contributed by atoms with Crippen LogP contribution in [0.4, 0.5) is 4.39 Å². The molecule has 19 heavy (non-hydrogen) atoms. The molecule has 0 aliphatic carbocycles. The molecular formula is C13H13BrFN3O. The normalized spacial score (nSPS) is 10.7. The maximum atomic E-state index is 13.5. The maximum absolute atomic E-state index is 13.5. The predicted octanol–water partition coefficient (Wildman–Crippen LogP) is 2.93. The van der Waals surface area contributed by atoms with E-state index in [1.165, 1.54) is 18.3 Å². The third-order valence-electron chi connectivity index (χ3n) is 2.80. The van der Waals surface area contributed by atoms with Gasteiger partial charge in [0.25, 0.3) is 0 Å². The van der Waals surface area contributed by atoms with Crippen molar-refractivity contribution in [2.45, 2.75) is 26.8 Å². The summed E-state index contributed by atoms with van der Waals surface area (Å²) in [6, 6.07) is 2.69.